The standard InChI is InChI=1S/C20H28N2O2/c1-15-7-5-6-10-18(15)21-20(24)22-13-11-17(12-14-22)19(23)16-8-3-2-4-9-16/h2-4,8-9,15,17-18H,5-7,10-14H2,1H3,(H,21,24)/t15-,18+/m1/s1. The molecule has 4 nitrogen and oxygen atoms in total. The van der Waals surface area contributed by atoms with Gasteiger partial charge < -0.3 is 10.2 Å². The Bertz CT molecular complexity index is 564. The topological polar surface area (TPSA) is 49.4 Å². The SMILES string of the molecule is C[C@@H]1CCCC[C@@H]1NC(=O)N1CCC(C(=O)c2ccccc2)CC1. The van der Waals surface area contributed by atoms with Crippen LogP contribution in [0.4, 0.5) is 4.79 Å². The van der Waals surface area contributed by atoms with Crippen molar-refractivity contribution in [2.45, 2.75) is 51.5 Å². The summed E-state index contributed by atoms with van der Waals surface area (Å²) < 4.78 is 0. The molecule has 4 heteroatoms. The number of nitrogens with one attached hydrogen (secondary N) is 1. The minimum Gasteiger partial charge on any atom is -0.335 e. The molecule has 1 aliphatic heterocycles. The summed E-state index contributed by atoms with van der Waals surface area (Å²) >= 11 is 0. The van der Waals surface area contributed by atoms with Crippen LogP contribution < -0.4 is 5.32 Å². The van der Waals surface area contributed by atoms with Gasteiger partial charge in [0.25, 0.3) is 0 Å². The first-order valence-electron chi connectivity index (χ1n) is 9.30. The van der Waals surface area contributed by atoms with E-state index in [9.17, 15) is 9.59 Å². The molecule has 1 aromatic rings. The number of nitrogens with zero attached hydrogens (tertiary/aromatic N) is 1. The smallest absolute Gasteiger partial charge is 0.317 e. The van der Waals surface area contributed by atoms with E-state index in [0.29, 0.717) is 25.0 Å². The number of carbonyl (C=O) groups is 2. The maximum atomic E-state index is 12.5. The van der Waals surface area contributed by atoms with Crippen LogP contribution in [0.5, 0.6) is 0 Å². The average Bonchev–Trinajstić information content (AvgIpc) is 2.64. The van der Waals surface area contributed by atoms with Gasteiger partial charge in [-0.25, -0.2) is 4.79 Å². The summed E-state index contributed by atoms with van der Waals surface area (Å²) in [6, 6.07) is 9.87. The predicted molar refractivity (Wildman–Crippen MR) is 95.0 cm³/mol. The third-order valence-electron chi connectivity index (χ3n) is 5.63. The van der Waals surface area contributed by atoms with Crippen molar-refractivity contribution in [1.29, 1.82) is 0 Å². The van der Waals surface area contributed by atoms with Gasteiger partial charge in [-0.05, 0) is 31.6 Å². The zero-order chi connectivity index (χ0) is 16.9. The number of Topliss-reactive ketones (excluding diaryl/α,β-unsaturated/α-hetero) is 1. The van der Waals surface area contributed by atoms with Gasteiger partial charge in [0.2, 0.25) is 0 Å². The van der Waals surface area contributed by atoms with Gasteiger partial charge in [0.05, 0.1) is 0 Å². The minimum atomic E-state index is 0.0463. The molecule has 0 unspecified atom stereocenters. The molecule has 0 spiro atoms. The molecule has 24 heavy (non-hydrogen) atoms. The van der Waals surface area contributed by atoms with Crippen LogP contribution in [0.2, 0.25) is 0 Å². The zero-order valence-electron chi connectivity index (χ0n) is 14.5. The van der Waals surface area contributed by atoms with Crippen molar-refractivity contribution in [2.24, 2.45) is 11.8 Å². The molecule has 0 radical (unpaired) electrons. The maximum absolute atomic E-state index is 12.5. The molecule has 3 rings (SSSR count). The van der Waals surface area contributed by atoms with Gasteiger partial charge >= 0.3 is 6.03 Å². The number of likely N-dealkylation sites (tertiary alicyclic amines) is 1. The minimum absolute atomic E-state index is 0.0463. The fourth-order valence-corrected chi connectivity index (χ4v) is 3.96. The maximum Gasteiger partial charge on any atom is 0.317 e. The molecule has 1 saturated heterocycles. The number of rotatable bonds is 3. The lowest BCUT2D eigenvalue weighted by Crippen LogP contribution is -2.50. The van der Waals surface area contributed by atoms with Gasteiger partial charge in [-0.2, -0.15) is 0 Å². The number of carbonyl (C=O) groups excluding carboxylic acids is 2. The lowest BCUT2D eigenvalue weighted by Gasteiger charge is -2.35. The largest absolute Gasteiger partial charge is 0.335 e. The second kappa shape index (κ2) is 7.82. The molecule has 0 aromatic heterocycles. The van der Waals surface area contributed by atoms with Crippen LogP contribution in [0.15, 0.2) is 30.3 Å². The summed E-state index contributed by atoms with van der Waals surface area (Å²) in [6.45, 7) is 3.58. The van der Waals surface area contributed by atoms with E-state index < -0.39 is 0 Å². The quantitative estimate of drug-likeness (QED) is 0.856. The summed E-state index contributed by atoms with van der Waals surface area (Å²) in [6.07, 6.45) is 6.32. The van der Waals surface area contributed by atoms with Crippen LogP contribution in [0.25, 0.3) is 0 Å². The third kappa shape index (κ3) is 3.97. The Balaban J connectivity index is 1.49. The summed E-state index contributed by atoms with van der Waals surface area (Å²) in [7, 11) is 0. The van der Waals surface area contributed by atoms with Crippen molar-refractivity contribution in [2.75, 3.05) is 13.1 Å². The summed E-state index contributed by atoms with van der Waals surface area (Å²) in [4.78, 5) is 26.9. The molecule has 1 heterocycles. The number of urea groups is 1. The summed E-state index contributed by atoms with van der Waals surface area (Å²) in [5.41, 5.74) is 0.788. The van der Waals surface area contributed by atoms with Crippen molar-refractivity contribution in [1.82, 2.24) is 10.2 Å². The van der Waals surface area contributed by atoms with Crippen LogP contribution in [0.1, 0.15) is 55.8 Å². The molecule has 1 N–H and O–H groups in total. The van der Waals surface area contributed by atoms with E-state index in [4.69, 9.17) is 0 Å². The third-order valence-corrected chi connectivity index (χ3v) is 5.63. The second-order valence-electron chi connectivity index (χ2n) is 7.31. The lowest BCUT2D eigenvalue weighted by atomic mass is 9.86. The Labute approximate surface area is 144 Å². The van der Waals surface area contributed by atoms with Crippen LogP contribution in [-0.2, 0) is 0 Å². The van der Waals surface area contributed by atoms with Crippen molar-refractivity contribution in [3.05, 3.63) is 35.9 Å². The Kier molecular flexibility index (Phi) is 5.54. The first-order valence-corrected chi connectivity index (χ1v) is 9.30. The second-order valence-corrected chi connectivity index (χ2v) is 7.31. The van der Waals surface area contributed by atoms with E-state index in [1.165, 1.54) is 19.3 Å². The van der Waals surface area contributed by atoms with Crippen molar-refractivity contribution < 1.29 is 9.59 Å². The molecule has 1 saturated carbocycles. The molecule has 1 aromatic carbocycles. The first kappa shape index (κ1) is 17.0. The van der Waals surface area contributed by atoms with Gasteiger partial charge in [-0.3, -0.25) is 4.79 Å². The molecule has 1 aliphatic carbocycles. The van der Waals surface area contributed by atoms with Crippen LogP contribution in [0.3, 0.4) is 0 Å². The van der Waals surface area contributed by atoms with E-state index in [-0.39, 0.29) is 17.7 Å². The van der Waals surface area contributed by atoms with E-state index in [2.05, 4.69) is 12.2 Å². The first-order chi connectivity index (χ1) is 11.6. The van der Waals surface area contributed by atoms with E-state index in [1.54, 1.807) is 0 Å². The van der Waals surface area contributed by atoms with Crippen LogP contribution >= 0.6 is 0 Å². The number of amides is 2. The van der Waals surface area contributed by atoms with E-state index in [1.807, 2.05) is 35.2 Å². The number of ketones is 1. The molecule has 2 fully saturated rings. The number of hydrogen-bond acceptors (Lipinski definition) is 2. The van der Waals surface area contributed by atoms with Gasteiger partial charge in [0.15, 0.2) is 5.78 Å². The molecular formula is C20H28N2O2. The molecule has 2 amide bonds. The zero-order valence-corrected chi connectivity index (χ0v) is 14.5. The highest BCUT2D eigenvalue weighted by Gasteiger charge is 2.30. The highest BCUT2D eigenvalue weighted by atomic mass is 16.2. The Morgan fingerprint density at radius 2 is 1.67 bits per heavy atom. The molecule has 0 bridgehead atoms. The van der Waals surface area contributed by atoms with Crippen LogP contribution in [-0.4, -0.2) is 35.8 Å². The Hall–Kier alpha value is -1.84. The van der Waals surface area contributed by atoms with Gasteiger partial charge in [0, 0.05) is 30.6 Å². The van der Waals surface area contributed by atoms with Crippen molar-refractivity contribution in [3.8, 4) is 0 Å². The Morgan fingerprint density at radius 1 is 1.00 bits per heavy atom. The Morgan fingerprint density at radius 3 is 2.33 bits per heavy atom. The van der Waals surface area contributed by atoms with E-state index in [0.717, 1.165) is 24.8 Å². The van der Waals surface area contributed by atoms with Crippen LogP contribution in [0, 0.1) is 11.8 Å². The predicted octanol–water partition coefficient (Wildman–Crippen LogP) is 3.87. The highest BCUT2D eigenvalue weighted by molar-refractivity contribution is 5.97. The lowest BCUT2D eigenvalue weighted by molar-refractivity contribution is 0.0851. The van der Waals surface area contributed by atoms with Gasteiger partial charge in [0.1, 0.15) is 0 Å². The fraction of sp³-hybridized carbons (Fsp3) is 0.600. The summed E-state index contributed by atoms with van der Waals surface area (Å²) in [5.74, 6) is 0.835. The van der Waals surface area contributed by atoms with Crippen molar-refractivity contribution >= 4 is 11.8 Å². The molecular weight excluding hydrogens is 300 g/mol. The highest BCUT2D eigenvalue weighted by Crippen LogP contribution is 2.25. The average molecular weight is 328 g/mol. The molecule has 2 aliphatic rings. The van der Waals surface area contributed by atoms with Crippen molar-refractivity contribution in [3.63, 3.8) is 0 Å². The van der Waals surface area contributed by atoms with E-state index >= 15 is 0 Å². The summed E-state index contributed by atoms with van der Waals surface area (Å²) in [5, 5.41) is 3.22. The number of hydrogen-bond donors (Lipinski definition) is 1. The molecule has 130 valence electrons. The number of piperidine rings is 1. The van der Waals surface area contributed by atoms with Gasteiger partial charge in [-0.15, -0.1) is 0 Å². The van der Waals surface area contributed by atoms with Gasteiger partial charge in [-0.1, -0.05) is 50.1 Å². The normalized spacial score (nSPS) is 25.3. The monoisotopic (exact) mass is 328 g/mol. The number of benzene rings is 1. The molecule has 2 atom stereocenters. The fourth-order valence-electron chi connectivity index (χ4n) is 3.96.